The zero-order valence-electron chi connectivity index (χ0n) is 22.8. The second-order valence-corrected chi connectivity index (χ2v) is 13.0. The lowest BCUT2D eigenvalue weighted by Gasteiger charge is -2.21. The summed E-state index contributed by atoms with van der Waals surface area (Å²) in [6.07, 6.45) is 1.73. The molecule has 0 spiro atoms. The van der Waals surface area contributed by atoms with Gasteiger partial charge in [0.15, 0.2) is 0 Å². The number of ether oxygens (including phenoxy) is 1. The summed E-state index contributed by atoms with van der Waals surface area (Å²) in [6, 6.07) is 13.0. The Labute approximate surface area is 244 Å². The fourth-order valence-electron chi connectivity index (χ4n) is 4.97. The molecule has 3 heterocycles. The largest absolute Gasteiger partial charge is 0.455 e. The van der Waals surface area contributed by atoms with Crippen molar-refractivity contribution in [3.63, 3.8) is 0 Å². The van der Waals surface area contributed by atoms with Gasteiger partial charge in [0.25, 0.3) is 5.91 Å². The number of benzene rings is 3. The Hall–Kier alpha value is -4.13. The van der Waals surface area contributed by atoms with E-state index < -0.39 is 27.6 Å². The van der Waals surface area contributed by atoms with Gasteiger partial charge >= 0.3 is 0 Å². The molecule has 1 aliphatic rings. The number of aromatic nitrogens is 1. The highest BCUT2D eigenvalue weighted by atomic mass is 32.2. The Morgan fingerprint density at radius 3 is 2.45 bits per heavy atom. The van der Waals surface area contributed by atoms with Crippen molar-refractivity contribution >= 4 is 43.9 Å². The molecule has 1 amide bonds. The van der Waals surface area contributed by atoms with E-state index in [1.807, 2.05) is 0 Å². The van der Waals surface area contributed by atoms with Gasteiger partial charge < -0.3 is 14.5 Å². The Balaban J connectivity index is 1.61. The molecule has 0 bridgehead atoms. The van der Waals surface area contributed by atoms with Crippen LogP contribution in [0.5, 0.6) is 0 Å². The van der Waals surface area contributed by atoms with E-state index in [2.05, 4.69) is 5.32 Å². The van der Waals surface area contributed by atoms with Gasteiger partial charge in [-0.25, -0.2) is 22.2 Å². The van der Waals surface area contributed by atoms with E-state index >= 15 is 4.39 Å². The molecule has 0 atom stereocenters. The number of furan rings is 1. The summed E-state index contributed by atoms with van der Waals surface area (Å²) >= 11 is 1.43. The normalized spacial score (nSPS) is 13.3. The van der Waals surface area contributed by atoms with E-state index in [1.54, 1.807) is 12.1 Å². The number of anilines is 1. The fourth-order valence-corrected chi connectivity index (χ4v) is 6.52. The fraction of sp³-hybridized carbons (Fsp3) is 0.200. The second-order valence-electron chi connectivity index (χ2n) is 9.91. The molecule has 1 N–H and O–H groups in total. The number of fused-ring (bicyclic) bond motifs is 2. The zero-order chi connectivity index (χ0) is 29.8. The molecule has 6 rings (SSSR count). The lowest BCUT2D eigenvalue weighted by molar-refractivity contribution is 0.0964. The Morgan fingerprint density at radius 1 is 1.02 bits per heavy atom. The topological polar surface area (TPSA) is 102 Å². The van der Waals surface area contributed by atoms with Gasteiger partial charge in [0.1, 0.15) is 28.0 Å². The molecule has 0 radical (unpaired) electrons. The molecule has 1 aliphatic heterocycles. The van der Waals surface area contributed by atoms with Crippen LogP contribution in [0.25, 0.3) is 44.0 Å². The summed E-state index contributed by atoms with van der Waals surface area (Å²) in [5.41, 5.74) is 3.28. The molecular formula is C30H25F2N3O5S2. The molecule has 216 valence electrons. The average molecular weight is 610 g/mol. The first kappa shape index (κ1) is 28.0. The SMILES string of the molecule is CNC(=O)c1c(-c2ccc(F)cc2)oc2cc(N(C)S(C)(=O)=O)c(-c3cc(F)cc(-c4nc5c(s4)COCC5)c3)cc12. The van der Waals surface area contributed by atoms with Crippen molar-refractivity contribution in [1.82, 2.24) is 10.3 Å². The van der Waals surface area contributed by atoms with Crippen molar-refractivity contribution in [2.75, 3.05) is 31.3 Å². The van der Waals surface area contributed by atoms with E-state index in [1.165, 1.54) is 67.9 Å². The Kier molecular flexibility index (Phi) is 7.08. The Morgan fingerprint density at radius 2 is 1.76 bits per heavy atom. The van der Waals surface area contributed by atoms with Crippen LogP contribution in [0.15, 0.2) is 59.0 Å². The number of halogens is 2. The predicted molar refractivity (Wildman–Crippen MR) is 158 cm³/mol. The highest BCUT2D eigenvalue weighted by molar-refractivity contribution is 7.92. The number of hydrogen-bond donors (Lipinski definition) is 1. The van der Waals surface area contributed by atoms with Crippen LogP contribution in [0.1, 0.15) is 20.9 Å². The smallest absolute Gasteiger partial charge is 0.255 e. The van der Waals surface area contributed by atoms with Gasteiger partial charge in [-0.15, -0.1) is 11.3 Å². The maximum atomic E-state index is 15.2. The molecule has 3 aromatic carbocycles. The van der Waals surface area contributed by atoms with Crippen LogP contribution in [0.4, 0.5) is 14.5 Å². The second kappa shape index (κ2) is 10.6. The highest BCUT2D eigenvalue weighted by Crippen LogP contribution is 2.42. The van der Waals surface area contributed by atoms with Crippen molar-refractivity contribution in [2.45, 2.75) is 13.0 Å². The first-order chi connectivity index (χ1) is 20.0. The van der Waals surface area contributed by atoms with Crippen LogP contribution >= 0.6 is 11.3 Å². The highest BCUT2D eigenvalue weighted by Gasteiger charge is 2.26. The van der Waals surface area contributed by atoms with E-state index in [0.29, 0.717) is 52.3 Å². The summed E-state index contributed by atoms with van der Waals surface area (Å²) in [5, 5.41) is 3.61. The Bertz CT molecular complexity index is 1940. The van der Waals surface area contributed by atoms with E-state index in [9.17, 15) is 17.6 Å². The standard InChI is InChI=1S/C30H25F2N3O5S2/c1-33-29(36)27-22-13-21(17-10-18(12-20(32)11-17)30-34-23-8-9-39-15-26(23)41-30)24(35(2)42(3,37)38)14-25(22)40-28(27)16-4-6-19(31)7-5-16/h4-7,10-14H,8-9,15H2,1-3H3,(H,33,36). The lowest BCUT2D eigenvalue weighted by Crippen LogP contribution is -2.25. The van der Waals surface area contributed by atoms with Crippen LogP contribution in [-0.2, 0) is 27.8 Å². The third-order valence-electron chi connectivity index (χ3n) is 7.15. The van der Waals surface area contributed by atoms with Crippen molar-refractivity contribution in [3.8, 4) is 33.0 Å². The molecule has 0 aliphatic carbocycles. The number of thiazole rings is 1. The molecule has 0 unspecified atom stereocenters. The lowest BCUT2D eigenvalue weighted by atomic mass is 9.97. The number of carbonyl (C=O) groups excluding carboxylic acids is 1. The monoisotopic (exact) mass is 609 g/mol. The van der Waals surface area contributed by atoms with Gasteiger partial charge in [-0.05, 0) is 54.1 Å². The van der Waals surface area contributed by atoms with Gasteiger partial charge in [-0.3, -0.25) is 9.10 Å². The van der Waals surface area contributed by atoms with Crippen molar-refractivity contribution < 1.29 is 31.1 Å². The number of amides is 1. The number of carbonyl (C=O) groups is 1. The molecule has 0 fully saturated rings. The van der Waals surface area contributed by atoms with Gasteiger partial charge in [-0.2, -0.15) is 0 Å². The minimum Gasteiger partial charge on any atom is -0.455 e. The van der Waals surface area contributed by atoms with Crippen LogP contribution in [0.3, 0.4) is 0 Å². The van der Waals surface area contributed by atoms with E-state index in [0.717, 1.165) is 21.1 Å². The molecule has 5 aromatic rings. The third kappa shape index (κ3) is 5.06. The molecule has 0 saturated heterocycles. The molecule has 2 aromatic heterocycles. The molecule has 12 heteroatoms. The minimum atomic E-state index is -3.76. The first-order valence-electron chi connectivity index (χ1n) is 12.9. The van der Waals surface area contributed by atoms with Gasteiger partial charge in [0, 0.05) is 48.7 Å². The number of nitrogens with one attached hydrogen (secondary N) is 1. The molecule has 8 nitrogen and oxygen atoms in total. The van der Waals surface area contributed by atoms with Crippen molar-refractivity contribution in [2.24, 2.45) is 0 Å². The number of hydrogen-bond acceptors (Lipinski definition) is 7. The summed E-state index contributed by atoms with van der Waals surface area (Å²) in [5.74, 6) is -1.26. The average Bonchev–Trinajstić information content (AvgIpc) is 3.57. The van der Waals surface area contributed by atoms with Crippen molar-refractivity contribution in [3.05, 3.63) is 82.4 Å². The summed E-state index contributed by atoms with van der Waals surface area (Å²) in [7, 11) is -0.898. The maximum Gasteiger partial charge on any atom is 0.255 e. The van der Waals surface area contributed by atoms with Crippen LogP contribution < -0.4 is 9.62 Å². The van der Waals surface area contributed by atoms with Crippen molar-refractivity contribution in [1.29, 1.82) is 0 Å². The number of sulfonamides is 1. The van der Waals surface area contributed by atoms with Crippen LogP contribution in [0, 0.1) is 11.6 Å². The quantitative estimate of drug-likeness (QED) is 0.254. The van der Waals surface area contributed by atoms with Gasteiger partial charge in [-0.1, -0.05) is 0 Å². The van der Waals surface area contributed by atoms with Gasteiger partial charge in [0.2, 0.25) is 10.0 Å². The van der Waals surface area contributed by atoms with Gasteiger partial charge in [0.05, 0.1) is 41.3 Å². The molecule has 42 heavy (non-hydrogen) atoms. The zero-order valence-corrected chi connectivity index (χ0v) is 24.5. The van der Waals surface area contributed by atoms with Crippen LogP contribution in [0.2, 0.25) is 0 Å². The number of nitrogens with zero attached hydrogens (tertiary/aromatic N) is 2. The minimum absolute atomic E-state index is 0.179. The predicted octanol–water partition coefficient (Wildman–Crippen LogP) is 6.00. The molecular weight excluding hydrogens is 584 g/mol. The summed E-state index contributed by atoms with van der Waals surface area (Å²) < 4.78 is 67.0. The van der Waals surface area contributed by atoms with Crippen LogP contribution in [-0.4, -0.2) is 46.3 Å². The van der Waals surface area contributed by atoms with E-state index in [4.69, 9.17) is 14.1 Å². The first-order valence-corrected chi connectivity index (χ1v) is 15.6. The van der Waals surface area contributed by atoms with E-state index in [-0.39, 0.29) is 22.6 Å². The number of rotatable bonds is 6. The molecule has 0 saturated carbocycles. The maximum absolute atomic E-state index is 15.2. The summed E-state index contributed by atoms with van der Waals surface area (Å²) in [6.45, 7) is 1.03. The third-order valence-corrected chi connectivity index (χ3v) is 9.47. The summed E-state index contributed by atoms with van der Waals surface area (Å²) in [4.78, 5) is 18.8.